The molecule has 6 heteroatoms. The summed E-state index contributed by atoms with van der Waals surface area (Å²) in [6.45, 7) is 8.51. The highest BCUT2D eigenvalue weighted by atomic mass is 16.5. The normalized spacial score (nSPS) is 11.2. The van der Waals surface area contributed by atoms with Crippen LogP contribution < -0.4 is 0 Å². The van der Waals surface area contributed by atoms with Gasteiger partial charge in [0, 0.05) is 49.7 Å². The minimum absolute atomic E-state index is 0.00343. The molecule has 0 aliphatic rings. The molecule has 0 bridgehead atoms. The smallest absolute Gasteiger partial charge is 0.271 e. The van der Waals surface area contributed by atoms with Gasteiger partial charge >= 0.3 is 0 Å². The summed E-state index contributed by atoms with van der Waals surface area (Å²) in [6.07, 6.45) is 1.92. The summed E-state index contributed by atoms with van der Waals surface area (Å²) in [6, 6.07) is 9.75. The van der Waals surface area contributed by atoms with Crippen molar-refractivity contribution in [3.63, 3.8) is 0 Å². The van der Waals surface area contributed by atoms with Crippen molar-refractivity contribution >= 4 is 11.4 Å². The van der Waals surface area contributed by atoms with E-state index in [4.69, 9.17) is 4.74 Å². The van der Waals surface area contributed by atoms with Crippen molar-refractivity contribution in [1.29, 1.82) is 0 Å². The molecule has 0 aromatic carbocycles. The number of hydrogen-bond donors (Lipinski definition) is 0. The van der Waals surface area contributed by atoms with E-state index in [1.807, 2.05) is 57.4 Å². The lowest BCUT2D eigenvalue weighted by Crippen LogP contribution is -2.34. The number of nitrogens with zero attached hydrogens (tertiary/aromatic N) is 4. The first-order valence-electron chi connectivity index (χ1n) is 8.94. The number of methoxy groups -OCH3 is 1. The second kappa shape index (κ2) is 7.74. The molecule has 0 atom stereocenters. The molecule has 0 aliphatic heterocycles. The molecular formula is C20H26N4O2. The highest BCUT2D eigenvalue weighted by Crippen LogP contribution is 2.18. The molecule has 0 saturated carbocycles. The van der Waals surface area contributed by atoms with Crippen LogP contribution in [0.2, 0.25) is 0 Å². The summed E-state index contributed by atoms with van der Waals surface area (Å²) in [7, 11) is 1.65. The minimum atomic E-state index is -0.00343. The maximum atomic E-state index is 13.3. The SMILES string of the molecule is CCn1nc(C)c(CN(CCOC)C(=O)c2ccc3ccccn23)c1C. The molecule has 0 radical (unpaired) electrons. The van der Waals surface area contributed by atoms with Crippen LogP contribution in [-0.4, -0.2) is 45.2 Å². The monoisotopic (exact) mass is 354 g/mol. The van der Waals surface area contributed by atoms with Crippen molar-refractivity contribution < 1.29 is 9.53 Å². The minimum Gasteiger partial charge on any atom is -0.383 e. The summed E-state index contributed by atoms with van der Waals surface area (Å²) in [5.74, 6) is -0.00343. The van der Waals surface area contributed by atoms with Crippen molar-refractivity contribution in [3.05, 3.63) is 59.2 Å². The predicted octanol–water partition coefficient (Wildman–Crippen LogP) is 3.06. The topological polar surface area (TPSA) is 51.8 Å². The van der Waals surface area contributed by atoms with Crippen molar-refractivity contribution in [2.24, 2.45) is 0 Å². The van der Waals surface area contributed by atoms with Crippen LogP contribution >= 0.6 is 0 Å². The average molecular weight is 354 g/mol. The van der Waals surface area contributed by atoms with Crippen molar-refractivity contribution in [2.75, 3.05) is 20.3 Å². The Balaban J connectivity index is 1.93. The Morgan fingerprint density at radius 1 is 1.23 bits per heavy atom. The third-order valence-corrected chi connectivity index (χ3v) is 4.81. The first kappa shape index (κ1) is 18.2. The lowest BCUT2D eigenvalue weighted by Gasteiger charge is -2.23. The Labute approximate surface area is 154 Å². The molecule has 3 rings (SSSR count). The summed E-state index contributed by atoms with van der Waals surface area (Å²) in [4.78, 5) is 15.1. The van der Waals surface area contributed by atoms with Gasteiger partial charge in [0.25, 0.3) is 5.91 Å². The molecule has 3 heterocycles. The largest absolute Gasteiger partial charge is 0.383 e. The second-order valence-corrected chi connectivity index (χ2v) is 6.40. The lowest BCUT2D eigenvalue weighted by atomic mass is 10.1. The van der Waals surface area contributed by atoms with E-state index >= 15 is 0 Å². The molecule has 0 N–H and O–H groups in total. The van der Waals surface area contributed by atoms with Crippen molar-refractivity contribution in [3.8, 4) is 0 Å². The van der Waals surface area contributed by atoms with E-state index in [9.17, 15) is 4.79 Å². The molecule has 138 valence electrons. The molecule has 0 aliphatic carbocycles. The van der Waals surface area contributed by atoms with E-state index in [2.05, 4.69) is 18.9 Å². The molecule has 26 heavy (non-hydrogen) atoms. The number of hydrogen-bond acceptors (Lipinski definition) is 3. The quantitative estimate of drug-likeness (QED) is 0.655. The van der Waals surface area contributed by atoms with Gasteiger partial charge in [-0.05, 0) is 45.0 Å². The zero-order valence-electron chi connectivity index (χ0n) is 15.9. The maximum Gasteiger partial charge on any atom is 0.271 e. The molecule has 3 aromatic heterocycles. The zero-order chi connectivity index (χ0) is 18.7. The zero-order valence-corrected chi connectivity index (χ0v) is 15.9. The van der Waals surface area contributed by atoms with Crippen LogP contribution in [0.15, 0.2) is 36.5 Å². The highest BCUT2D eigenvalue weighted by molar-refractivity contribution is 5.94. The van der Waals surface area contributed by atoms with Crippen LogP contribution in [0.4, 0.5) is 0 Å². The molecular weight excluding hydrogens is 328 g/mol. The highest BCUT2D eigenvalue weighted by Gasteiger charge is 2.22. The number of aryl methyl sites for hydroxylation is 2. The number of aromatic nitrogens is 3. The summed E-state index contributed by atoms with van der Waals surface area (Å²) < 4.78 is 9.14. The Kier molecular flexibility index (Phi) is 5.42. The fraction of sp³-hybridized carbons (Fsp3) is 0.400. The second-order valence-electron chi connectivity index (χ2n) is 6.40. The standard InChI is InChI=1S/C20H26N4O2/c1-5-24-16(3)18(15(2)21-24)14-22(12-13-26-4)20(25)19-10-9-17-8-6-7-11-23(17)19/h6-11H,5,12-14H2,1-4H3. The Bertz CT molecular complexity index is 910. The number of carbonyl (C=O) groups excluding carboxylic acids is 1. The molecule has 0 fully saturated rings. The third-order valence-electron chi connectivity index (χ3n) is 4.81. The molecule has 3 aromatic rings. The number of fused-ring (bicyclic) bond motifs is 1. The van der Waals surface area contributed by atoms with Gasteiger partial charge in [0.05, 0.1) is 12.3 Å². The fourth-order valence-corrected chi connectivity index (χ4v) is 3.31. The van der Waals surface area contributed by atoms with Gasteiger partial charge in [-0.3, -0.25) is 9.48 Å². The number of ether oxygens (including phenoxy) is 1. The summed E-state index contributed by atoms with van der Waals surface area (Å²) >= 11 is 0. The van der Waals surface area contributed by atoms with Crippen LogP contribution in [-0.2, 0) is 17.8 Å². The van der Waals surface area contributed by atoms with E-state index < -0.39 is 0 Å². The van der Waals surface area contributed by atoms with Crippen LogP contribution in [0.3, 0.4) is 0 Å². The van der Waals surface area contributed by atoms with Gasteiger partial charge in [0.2, 0.25) is 0 Å². The first-order chi connectivity index (χ1) is 12.6. The van der Waals surface area contributed by atoms with E-state index in [1.165, 1.54) is 0 Å². The molecule has 0 saturated heterocycles. The van der Waals surface area contributed by atoms with E-state index in [0.717, 1.165) is 29.0 Å². The van der Waals surface area contributed by atoms with E-state index in [-0.39, 0.29) is 5.91 Å². The Morgan fingerprint density at radius 3 is 2.73 bits per heavy atom. The number of pyridine rings is 1. The maximum absolute atomic E-state index is 13.3. The lowest BCUT2D eigenvalue weighted by molar-refractivity contribution is 0.0673. The van der Waals surface area contributed by atoms with Gasteiger partial charge in [0.15, 0.2) is 0 Å². The van der Waals surface area contributed by atoms with Gasteiger partial charge in [-0.25, -0.2) is 0 Å². The number of amides is 1. The van der Waals surface area contributed by atoms with Gasteiger partial charge in [0.1, 0.15) is 5.69 Å². The molecule has 0 unspecified atom stereocenters. The Hall–Kier alpha value is -2.60. The Morgan fingerprint density at radius 2 is 2.04 bits per heavy atom. The van der Waals surface area contributed by atoms with Crippen molar-refractivity contribution in [2.45, 2.75) is 33.9 Å². The number of rotatable bonds is 7. The van der Waals surface area contributed by atoms with Gasteiger partial charge in [-0.1, -0.05) is 6.07 Å². The molecule has 6 nitrogen and oxygen atoms in total. The summed E-state index contributed by atoms with van der Waals surface area (Å²) in [5, 5.41) is 4.58. The van der Waals surface area contributed by atoms with Crippen molar-refractivity contribution in [1.82, 2.24) is 19.1 Å². The number of carbonyl (C=O) groups is 1. The predicted molar refractivity (Wildman–Crippen MR) is 101 cm³/mol. The van der Waals surface area contributed by atoms with Crippen LogP contribution in [0, 0.1) is 13.8 Å². The first-order valence-corrected chi connectivity index (χ1v) is 8.94. The van der Waals surface area contributed by atoms with Gasteiger partial charge in [-0.15, -0.1) is 0 Å². The van der Waals surface area contributed by atoms with Crippen LogP contribution in [0.5, 0.6) is 0 Å². The van der Waals surface area contributed by atoms with Crippen LogP contribution in [0.25, 0.3) is 5.52 Å². The molecule has 0 spiro atoms. The summed E-state index contributed by atoms with van der Waals surface area (Å²) in [5.41, 5.74) is 4.86. The molecule has 1 amide bonds. The van der Waals surface area contributed by atoms with Crippen LogP contribution in [0.1, 0.15) is 34.4 Å². The average Bonchev–Trinajstić information content (AvgIpc) is 3.20. The van der Waals surface area contributed by atoms with E-state index in [1.54, 1.807) is 7.11 Å². The third kappa shape index (κ3) is 3.37. The fourth-order valence-electron chi connectivity index (χ4n) is 3.31. The van der Waals surface area contributed by atoms with E-state index in [0.29, 0.717) is 25.4 Å². The van der Waals surface area contributed by atoms with Gasteiger partial charge < -0.3 is 14.0 Å². The van der Waals surface area contributed by atoms with Gasteiger partial charge in [-0.2, -0.15) is 5.10 Å².